The molecule has 90 valence electrons. The van der Waals surface area contributed by atoms with Crippen molar-refractivity contribution in [2.75, 3.05) is 5.75 Å². The van der Waals surface area contributed by atoms with Gasteiger partial charge in [0.15, 0.2) is 0 Å². The highest BCUT2D eigenvalue weighted by atomic mass is 32.2. The van der Waals surface area contributed by atoms with Crippen LogP contribution in [0.4, 0.5) is 0 Å². The molecular weight excluding hydrogens is 218 g/mol. The van der Waals surface area contributed by atoms with Gasteiger partial charge in [-0.1, -0.05) is 6.92 Å². The Morgan fingerprint density at radius 1 is 1.62 bits per heavy atom. The first kappa shape index (κ1) is 12.0. The Labute approximate surface area is 102 Å². The summed E-state index contributed by atoms with van der Waals surface area (Å²) in [7, 11) is 1.98. The van der Waals surface area contributed by atoms with Gasteiger partial charge >= 0.3 is 0 Å². The lowest BCUT2D eigenvalue weighted by molar-refractivity contribution is 0.461. The van der Waals surface area contributed by atoms with Crippen molar-refractivity contribution in [2.24, 2.45) is 7.05 Å². The standard InChI is InChI=1S/C12H21N3S/c1-9-11(8-15(3)14-9)7-13-12-5-4-6-16-10(12)2/h8,10,12-13H,4-7H2,1-3H3. The summed E-state index contributed by atoms with van der Waals surface area (Å²) in [4.78, 5) is 0. The fourth-order valence-electron chi connectivity index (χ4n) is 2.25. The number of rotatable bonds is 3. The molecule has 2 rings (SSSR count). The molecular formula is C12H21N3S. The van der Waals surface area contributed by atoms with Crippen LogP contribution in [-0.2, 0) is 13.6 Å². The average Bonchev–Trinajstić information content (AvgIpc) is 2.56. The Bertz CT molecular complexity index is 348. The van der Waals surface area contributed by atoms with Crippen LogP contribution in [0.25, 0.3) is 0 Å². The normalized spacial score (nSPS) is 25.9. The van der Waals surface area contributed by atoms with Crippen LogP contribution >= 0.6 is 11.8 Å². The molecule has 1 aromatic heterocycles. The summed E-state index contributed by atoms with van der Waals surface area (Å²) in [6, 6.07) is 0.665. The summed E-state index contributed by atoms with van der Waals surface area (Å²) in [5.41, 5.74) is 2.47. The van der Waals surface area contributed by atoms with E-state index in [0.29, 0.717) is 6.04 Å². The molecule has 0 bridgehead atoms. The number of nitrogens with one attached hydrogen (secondary N) is 1. The van der Waals surface area contributed by atoms with Crippen molar-refractivity contribution in [1.29, 1.82) is 0 Å². The quantitative estimate of drug-likeness (QED) is 0.876. The molecule has 0 aromatic carbocycles. The first-order valence-electron chi connectivity index (χ1n) is 6.01. The summed E-state index contributed by atoms with van der Waals surface area (Å²) in [6.07, 6.45) is 4.77. The number of nitrogens with zero attached hydrogens (tertiary/aromatic N) is 2. The minimum Gasteiger partial charge on any atom is -0.309 e. The van der Waals surface area contributed by atoms with E-state index < -0.39 is 0 Å². The fraction of sp³-hybridized carbons (Fsp3) is 0.750. The van der Waals surface area contributed by atoms with Gasteiger partial charge in [0.1, 0.15) is 0 Å². The van der Waals surface area contributed by atoms with E-state index in [9.17, 15) is 0 Å². The van der Waals surface area contributed by atoms with Gasteiger partial charge in [-0.05, 0) is 25.5 Å². The topological polar surface area (TPSA) is 29.9 Å². The molecule has 1 aromatic rings. The Hall–Kier alpha value is -0.480. The number of thioether (sulfide) groups is 1. The molecule has 16 heavy (non-hydrogen) atoms. The third kappa shape index (κ3) is 2.80. The first-order valence-corrected chi connectivity index (χ1v) is 7.06. The van der Waals surface area contributed by atoms with Crippen LogP contribution in [-0.4, -0.2) is 26.8 Å². The van der Waals surface area contributed by atoms with E-state index >= 15 is 0 Å². The molecule has 2 atom stereocenters. The number of aromatic nitrogens is 2. The lowest BCUT2D eigenvalue weighted by atomic mass is 10.1. The third-order valence-corrected chi connectivity index (χ3v) is 4.66. The maximum atomic E-state index is 4.37. The van der Waals surface area contributed by atoms with Gasteiger partial charge in [-0.25, -0.2) is 0 Å². The molecule has 0 amide bonds. The highest BCUT2D eigenvalue weighted by Gasteiger charge is 2.21. The number of aryl methyl sites for hydroxylation is 2. The van der Waals surface area contributed by atoms with Crippen molar-refractivity contribution < 1.29 is 0 Å². The molecule has 2 heterocycles. The van der Waals surface area contributed by atoms with Crippen molar-refractivity contribution in [3.63, 3.8) is 0 Å². The molecule has 2 unspecified atom stereocenters. The van der Waals surface area contributed by atoms with Crippen LogP contribution in [0.2, 0.25) is 0 Å². The summed E-state index contributed by atoms with van der Waals surface area (Å²) in [6.45, 7) is 5.36. The van der Waals surface area contributed by atoms with Crippen molar-refractivity contribution in [3.05, 3.63) is 17.5 Å². The van der Waals surface area contributed by atoms with E-state index in [2.05, 4.69) is 42.2 Å². The molecule has 1 N–H and O–H groups in total. The van der Waals surface area contributed by atoms with Crippen LogP contribution < -0.4 is 5.32 Å². The Morgan fingerprint density at radius 3 is 3.06 bits per heavy atom. The highest BCUT2D eigenvalue weighted by molar-refractivity contribution is 7.99. The van der Waals surface area contributed by atoms with Gasteiger partial charge in [-0.15, -0.1) is 0 Å². The van der Waals surface area contributed by atoms with E-state index in [4.69, 9.17) is 0 Å². The van der Waals surface area contributed by atoms with Crippen LogP contribution in [0.3, 0.4) is 0 Å². The van der Waals surface area contributed by atoms with Gasteiger partial charge in [-0.2, -0.15) is 16.9 Å². The van der Waals surface area contributed by atoms with E-state index in [-0.39, 0.29) is 0 Å². The molecule has 4 heteroatoms. The molecule has 0 aliphatic carbocycles. The number of hydrogen-bond acceptors (Lipinski definition) is 3. The van der Waals surface area contributed by atoms with Gasteiger partial charge in [-0.3, -0.25) is 4.68 Å². The van der Waals surface area contributed by atoms with Crippen molar-refractivity contribution >= 4 is 11.8 Å². The average molecular weight is 239 g/mol. The van der Waals surface area contributed by atoms with Crippen molar-refractivity contribution in [3.8, 4) is 0 Å². The monoisotopic (exact) mass is 239 g/mol. The second-order valence-electron chi connectivity index (χ2n) is 4.62. The van der Waals surface area contributed by atoms with Crippen LogP contribution in [0.15, 0.2) is 6.20 Å². The Morgan fingerprint density at radius 2 is 2.44 bits per heavy atom. The Balaban J connectivity index is 1.89. The van der Waals surface area contributed by atoms with Gasteiger partial charge in [0.05, 0.1) is 5.69 Å². The molecule has 0 radical (unpaired) electrons. The molecule has 1 aliphatic heterocycles. The fourth-order valence-corrected chi connectivity index (χ4v) is 3.42. The summed E-state index contributed by atoms with van der Waals surface area (Å²) >= 11 is 2.09. The van der Waals surface area contributed by atoms with Crippen molar-refractivity contribution in [1.82, 2.24) is 15.1 Å². The second-order valence-corrected chi connectivity index (χ2v) is 6.10. The van der Waals surface area contributed by atoms with E-state index in [1.807, 2.05) is 11.7 Å². The molecule has 0 spiro atoms. The molecule has 3 nitrogen and oxygen atoms in total. The van der Waals surface area contributed by atoms with Crippen LogP contribution in [0, 0.1) is 6.92 Å². The highest BCUT2D eigenvalue weighted by Crippen LogP contribution is 2.25. The van der Waals surface area contributed by atoms with Gasteiger partial charge in [0, 0.05) is 36.6 Å². The minimum atomic E-state index is 0.665. The third-order valence-electron chi connectivity index (χ3n) is 3.28. The van der Waals surface area contributed by atoms with Gasteiger partial charge in [0.2, 0.25) is 0 Å². The summed E-state index contributed by atoms with van der Waals surface area (Å²) in [5, 5.41) is 8.77. The predicted octanol–water partition coefficient (Wildman–Crippen LogP) is 2.10. The Kier molecular flexibility index (Phi) is 3.92. The van der Waals surface area contributed by atoms with Gasteiger partial charge < -0.3 is 5.32 Å². The van der Waals surface area contributed by atoms with Gasteiger partial charge in [0.25, 0.3) is 0 Å². The van der Waals surface area contributed by atoms with E-state index in [1.54, 1.807) is 0 Å². The predicted molar refractivity (Wildman–Crippen MR) is 69.7 cm³/mol. The maximum Gasteiger partial charge on any atom is 0.0638 e. The van der Waals surface area contributed by atoms with E-state index in [0.717, 1.165) is 17.5 Å². The first-order chi connectivity index (χ1) is 7.66. The van der Waals surface area contributed by atoms with E-state index in [1.165, 1.54) is 24.2 Å². The molecule has 0 saturated carbocycles. The number of hydrogen-bond donors (Lipinski definition) is 1. The summed E-state index contributed by atoms with van der Waals surface area (Å²) < 4.78 is 1.89. The lowest BCUT2D eigenvalue weighted by Crippen LogP contribution is -2.38. The van der Waals surface area contributed by atoms with Crippen LogP contribution in [0.5, 0.6) is 0 Å². The molecule has 1 aliphatic rings. The molecule has 1 saturated heterocycles. The summed E-state index contributed by atoms with van der Waals surface area (Å²) in [5.74, 6) is 1.32. The smallest absolute Gasteiger partial charge is 0.0638 e. The lowest BCUT2D eigenvalue weighted by Gasteiger charge is -2.29. The zero-order chi connectivity index (χ0) is 11.5. The zero-order valence-electron chi connectivity index (χ0n) is 10.4. The zero-order valence-corrected chi connectivity index (χ0v) is 11.2. The SMILES string of the molecule is Cc1nn(C)cc1CNC1CCCSC1C. The molecule has 1 fully saturated rings. The second kappa shape index (κ2) is 5.23. The maximum absolute atomic E-state index is 4.37. The van der Waals surface area contributed by atoms with Crippen LogP contribution in [0.1, 0.15) is 31.0 Å². The minimum absolute atomic E-state index is 0.665. The van der Waals surface area contributed by atoms with Crippen molar-refractivity contribution in [2.45, 2.75) is 44.5 Å². The largest absolute Gasteiger partial charge is 0.309 e.